The van der Waals surface area contributed by atoms with Crippen LogP contribution in [0.2, 0.25) is 0 Å². The minimum absolute atomic E-state index is 0.175. The molecule has 3 aromatic rings. The Balaban J connectivity index is 1.20. The smallest absolute Gasteiger partial charge is 0.227 e. The van der Waals surface area contributed by atoms with E-state index in [1.807, 2.05) is 30.9 Å². The van der Waals surface area contributed by atoms with Gasteiger partial charge in [-0.3, -0.25) is 9.78 Å². The predicted molar refractivity (Wildman–Crippen MR) is 122 cm³/mol. The highest BCUT2D eigenvalue weighted by Gasteiger charge is 2.24. The summed E-state index contributed by atoms with van der Waals surface area (Å²) in [4.78, 5) is 18.7. The Morgan fingerprint density at radius 1 is 1.00 bits per heavy atom. The summed E-state index contributed by atoms with van der Waals surface area (Å²) < 4.78 is 11.0. The number of pyridine rings is 1. The minimum atomic E-state index is 0.175. The van der Waals surface area contributed by atoms with Crippen molar-refractivity contribution in [3.05, 3.63) is 82.5 Å². The van der Waals surface area contributed by atoms with E-state index < -0.39 is 0 Å². The highest BCUT2D eigenvalue weighted by molar-refractivity contribution is 5.79. The zero-order chi connectivity index (χ0) is 22.3. The highest BCUT2D eigenvalue weighted by atomic mass is 16.5. The number of carbonyl (C=O) groups excluding carboxylic acids is 1. The maximum Gasteiger partial charge on any atom is 0.227 e. The fraction of sp³-hybridized carbons (Fsp3) is 0.423. The van der Waals surface area contributed by atoms with Crippen LogP contribution in [0.25, 0.3) is 0 Å². The molecule has 0 bridgehead atoms. The number of aromatic nitrogens is 2. The summed E-state index contributed by atoms with van der Waals surface area (Å²) in [7, 11) is 0. The van der Waals surface area contributed by atoms with Crippen molar-refractivity contribution in [1.82, 2.24) is 15.0 Å². The molecule has 0 N–H and O–H groups in total. The predicted octanol–water partition coefficient (Wildman–Crippen LogP) is 4.43. The summed E-state index contributed by atoms with van der Waals surface area (Å²) in [6.45, 7) is 6.62. The fourth-order valence-electron chi connectivity index (χ4n) is 4.27. The number of likely N-dealkylation sites (tertiary alicyclic amines) is 1. The van der Waals surface area contributed by atoms with Crippen LogP contribution in [0.3, 0.4) is 0 Å². The molecule has 1 fully saturated rings. The number of piperidine rings is 1. The van der Waals surface area contributed by atoms with E-state index in [1.54, 1.807) is 12.4 Å². The number of hydrogen-bond donors (Lipinski definition) is 0. The van der Waals surface area contributed by atoms with Crippen LogP contribution in [0.4, 0.5) is 0 Å². The third-order valence-corrected chi connectivity index (χ3v) is 6.31. The maximum atomic E-state index is 12.7. The van der Waals surface area contributed by atoms with E-state index in [-0.39, 0.29) is 5.91 Å². The van der Waals surface area contributed by atoms with Crippen molar-refractivity contribution in [2.24, 2.45) is 5.92 Å². The largest absolute Gasteiger partial charge is 0.372 e. The Labute approximate surface area is 189 Å². The van der Waals surface area contributed by atoms with E-state index in [9.17, 15) is 4.79 Å². The van der Waals surface area contributed by atoms with Crippen LogP contribution in [0.1, 0.15) is 46.5 Å². The first kappa shape index (κ1) is 22.2. The normalized spacial score (nSPS) is 14.6. The number of benzene rings is 1. The lowest BCUT2D eigenvalue weighted by molar-refractivity contribution is -0.131. The van der Waals surface area contributed by atoms with Gasteiger partial charge in [-0.1, -0.05) is 29.4 Å². The van der Waals surface area contributed by atoms with Crippen LogP contribution in [0, 0.1) is 19.8 Å². The SMILES string of the molecule is Cc1noc(C)c1CC(=O)N1CCC(Cc2ccc(COCc3ccncc3)cc2)CC1. The minimum Gasteiger partial charge on any atom is -0.372 e. The summed E-state index contributed by atoms with van der Waals surface area (Å²) >= 11 is 0. The van der Waals surface area contributed by atoms with E-state index in [1.165, 1.54) is 11.1 Å². The molecule has 6 nitrogen and oxygen atoms in total. The van der Waals surface area contributed by atoms with Gasteiger partial charge in [-0.05, 0) is 67.9 Å². The Bertz CT molecular complexity index is 987. The van der Waals surface area contributed by atoms with Crippen molar-refractivity contribution >= 4 is 5.91 Å². The van der Waals surface area contributed by atoms with Gasteiger partial charge in [0.25, 0.3) is 0 Å². The van der Waals surface area contributed by atoms with Gasteiger partial charge in [-0.15, -0.1) is 0 Å². The summed E-state index contributed by atoms with van der Waals surface area (Å²) in [6, 6.07) is 12.7. The van der Waals surface area contributed by atoms with E-state index >= 15 is 0 Å². The fourth-order valence-corrected chi connectivity index (χ4v) is 4.27. The van der Waals surface area contributed by atoms with Crippen LogP contribution in [-0.4, -0.2) is 34.0 Å². The first-order chi connectivity index (χ1) is 15.6. The molecular weight excluding hydrogens is 402 g/mol. The van der Waals surface area contributed by atoms with Crippen molar-refractivity contribution < 1.29 is 14.1 Å². The summed E-state index contributed by atoms with van der Waals surface area (Å²) in [5.41, 5.74) is 5.41. The maximum absolute atomic E-state index is 12.7. The number of nitrogens with zero attached hydrogens (tertiary/aromatic N) is 3. The first-order valence-corrected chi connectivity index (χ1v) is 11.3. The van der Waals surface area contributed by atoms with Gasteiger partial charge in [0.15, 0.2) is 0 Å². The number of ether oxygens (including phenoxy) is 1. The molecule has 1 amide bonds. The molecule has 3 heterocycles. The van der Waals surface area contributed by atoms with Crippen molar-refractivity contribution in [3.8, 4) is 0 Å². The number of amides is 1. The van der Waals surface area contributed by atoms with Crippen molar-refractivity contribution in [2.45, 2.75) is 52.7 Å². The lowest BCUT2D eigenvalue weighted by Crippen LogP contribution is -2.39. The Hall–Kier alpha value is -2.99. The number of aryl methyl sites for hydroxylation is 2. The van der Waals surface area contributed by atoms with Gasteiger partial charge in [0, 0.05) is 31.0 Å². The second-order valence-electron chi connectivity index (χ2n) is 8.67. The molecule has 168 valence electrons. The molecule has 1 aliphatic rings. The second kappa shape index (κ2) is 10.6. The van der Waals surface area contributed by atoms with Gasteiger partial charge in [0.05, 0.1) is 25.3 Å². The highest BCUT2D eigenvalue weighted by Crippen LogP contribution is 2.23. The van der Waals surface area contributed by atoms with Crippen LogP contribution in [-0.2, 0) is 35.6 Å². The second-order valence-corrected chi connectivity index (χ2v) is 8.67. The summed E-state index contributed by atoms with van der Waals surface area (Å²) in [5, 5.41) is 3.95. The van der Waals surface area contributed by atoms with E-state index in [4.69, 9.17) is 9.26 Å². The lowest BCUT2D eigenvalue weighted by Gasteiger charge is -2.32. The molecular formula is C26H31N3O3. The molecule has 1 aromatic carbocycles. The molecule has 0 unspecified atom stereocenters. The first-order valence-electron chi connectivity index (χ1n) is 11.3. The molecule has 1 saturated heterocycles. The lowest BCUT2D eigenvalue weighted by atomic mass is 9.89. The molecule has 32 heavy (non-hydrogen) atoms. The molecule has 0 atom stereocenters. The van der Waals surface area contributed by atoms with Crippen LogP contribution in [0.15, 0.2) is 53.3 Å². The van der Waals surface area contributed by atoms with Gasteiger partial charge >= 0.3 is 0 Å². The number of carbonyl (C=O) groups is 1. The van der Waals surface area contributed by atoms with Gasteiger partial charge in [0.2, 0.25) is 5.91 Å². The van der Waals surface area contributed by atoms with Crippen LogP contribution in [0.5, 0.6) is 0 Å². The van der Waals surface area contributed by atoms with Gasteiger partial charge in [0.1, 0.15) is 5.76 Å². The number of rotatable bonds is 8. The van der Waals surface area contributed by atoms with Gasteiger partial charge < -0.3 is 14.2 Å². The molecule has 4 rings (SSSR count). The van der Waals surface area contributed by atoms with Gasteiger partial charge in [-0.25, -0.2) is 0 Å². The molecule has 0 saturated carbocycles. The summed E-state index contributed by atoms with van der Waals surface area (Å²) in [6.07, 6.45) is 7.11. The quantitative estimate of drug-likeness (QED) is 0.526. The standard InChI is InChI=1S/C26H31N3O3/c1-19-25(20(2)32-28-19)16-26(30)29-13-9-22(10-14-29)15-21-3-5-23(6-4-21)17-31-18-24-7-11-27-12-8-24/h3-8,11-12,22H,9-10,13-18H2,1-2H3. The third kappa shape index (κ3) is 5.82. The molecule has 1 aliphatic heterocycles. The topological polar surface area (TPSA) is 68.5 Å². The molecule has 2 aromatic heterocycles. The van der Waals surface area contributed by atoms with E-state index in [0.29, 0.717) is 25.6 Å². The number of hydrogen-bond acceptors (Lipinski definition) is 5. The molecule has 0 aliphatic carbocycles. The zero-order valence-electron chi connectivity index (χ0n) is 18.9. The van der Waals surface area contributed by atoms with Crippen LogP contribution >= 0.6 is 0 Å². The molecule has 0 spiro atoms. The van der Waals surface area contributed by atoms with Crippen LogP contribution < -0.4 is 0 Å². The van der Waals surface area contributed by atoms with E-state index in [0.717, 1.165) is 54.9 Å². The van der Waals surface area contributed by atoms with Crippen molar-refractivity contribution in [2.75, 3.05) is 13.1 Å². The Morgan fingerprint density at radius 2 is 1.62 bits per heavy atom. The average molecular weight is 434 g/mol. The van der Waals surface area contributed by atoms with Gasteiger partial charge in [-0.2, -0.15) is 0 Å². The molecule has 6 heteroatoms. The molecule has 0 radical (unpaired) electrons. The van der Waals surface area contributed by atoms with Crippen molar-refractivity contribution in [3.63, 3.8) is 0 Å². The average Bonchev–Trinajstić information content (AvgIpc) is 3.13. The van der Waals surface area contributed by atoms with Crippen molar-refractivity contribution in [1.29, 1.82) is 0 Å². The van der Waals surface area contributed by atoms with E-state index in [2.05, 4.69) is 34.4 Å². The monoisotopic (exact) mass is 433 g/mol. The Kier molecular flexibility index (Phi) is 7.32. The third-order valence-electron chi connectivity index (χ3n) is 6.31. The zero-order valence-corrected chi connectivity index (χ0v) is 18.9. The Morgan fingerprint density at radius 3 is 2.25 bits per heavy atom. The summed E-state index contributed by atoms with van der Waals surface area (Å²) in [5.74, 6) is 1.54.